The highest BCUT2D eigenvalue weighted by atomic mass is 16.4. The molecule has 0 saturated carbocycles. The molecule has 1 heterocycles. The van der Waals surface area contributed by atoms with E-state index < -0.39 is 24.0 Å². The molecule has 92 valence electrons. The van der Waals surface area contributed by atoms with E-state index in [1.807, 2.05) is 13.8 Å². The zero-order chi connectivity index (χ0) is 12.3. The minimum absolute atomic E-state index is 0.0691. The number of carboxylic acid groups (broad SMARTS) is 1. The highest BCUT2D eigenvalue weighted by Gasteiger charge is 2.39. The van der Waals surface area contributed by atoms with E-state index in [4.69, 9.17) is 5.73 Å². The number of amides is 1. The first-order valence-electron chi connectivity index (χ1n) is 5.76. The minimum Gasteiger partial charge on any atom is -0.480 e. The molecule has 3 N–H and O–H groups in total. The van der Waals surface area contributed by atoms with Gasteiger partial charge >= 0.3 is 5.97 Å². The third-order valence-electron chi connectivity index (χ3n) is 3.34. The summed E-state index contributed by atoms with van der Waals surface area (Å²) in [7, 11) is 0. The monoisotopic (exact) mass is 228 g/mol. The van der Waals surface area contributed by atoms with Gasteiger partial charge in [0.05, 0.1) is 6.04 Å². The van der Waals surface area contributed by atoms with Crippen molar-refractivity contribution in [2.45, 2.75) is 45.2 Å². The highest BCUT2D eigenvalue weighted by Crippen LogP contribution is 2.26. The van der Waals surface area contributed by atoms with E-state index in [2.05, 4.69) is 0 Å². The number of nitrogens with zero attached hydrogens (tertiary/aromatic N) is 1. The van der Waals surface area contributed by atoms with Crippen LogP contribution in [-0.4, -0.2) is 40.5 Å². The van der Waals surface area contributed by atoms with Crippen LogP contribution in [0.4, 0.5) is 0 Å². The Balaban J connectivity index is 2.89. The highest BCUT2D eigenvalue weighted by molar-refractivity contribution is 5.81. The molecule has 1 saturated heterocycles. The van der Waals surface area contributed by atoms with Gasteiger partial charge in [0.25, 0.3) is 0 Å². The summed E-state index contributed by atoms with van der Waals surface area (Å²) in [6.45, 7) is 4.41. The Hall–Kier alpha value is -1.10. The van der Waals surface area contributed by atoms with Gasteiger partial charge in [-0.1, -0.05) is 13.8 Å². The molecular formula is C11H20N2O3. The van der Waals surface area contributed by atoms with Crippen LogP contribution in [0.15, 0.2) is 0 Å². The van der Waals surface area contributed by atoms with E-state index in [0.717, 1.165) is 12.8 Å². The molecule has 0 bridgehead atoms. The topological polar surface area (TPSA) is 83.6 Å². The molecule has 1 fully saturated rings. The third kappa shape index (κ3) is 2.52. The quantitative estimate of drug-likeness (QED) is 0.731. The Morgan fingerprint density at radius 2 is 2.19 bits per heavy atom. The summed E-state index contributed by atoms with van der Waals surface area (Å²) in [5.41, 5.74) is 5.31. The van der Waals surface area contributed by atoms with Crippen molar-refractivity contribution >= 4 is 11.9 Å². The normalized spacial score (nSPS) is 28.6. The molecule has 5 nitrogen and oxygen atoms in total. The van der Waals surface area contributed by atoms with Crippen molar-refractivity contribution in [3.05, 3.63) is 0 Å². The zero-order valence-electron chi connectivity index (χ0n) is 9.85. The van der Waals surface area contributed by atoms with Gasteiger partial charge in [0.15, 0.2) is 0 Å². The van der Waals surface area contributed by atoms with Crippen LogP contribution < -0.4 is 5.73 Å². The largest absolute Gasteiger partial charge is 0.480 e. The summed E-state index contributed by atoms with van der Waals surface area (Å²) < 4.78 is 0. The number of carbonyl (C=O) groups is 2. The SMILES string of the molecule is CCC(C(N)=O)N1CCCC(C)C1C(=O)O. The van der Waals surface area contributed by atoms with Crippen molar-refractivity contribution < 1.29 is 14.7 Å². The Bertz CT molecular complexity index is 280. The maximum atomic E-state index is 11.3. The average Bonchev–Trinajstić information content (AvgIpc) is 2.17. The van der Waals surface area contributed by atoms with Gasteiger partial charge in [0.2, 0.25) is 5.91 Å². The fourth-order valence-electron chi connectivity index (χ4n) is 2.55. The van der Waals surface area contributed by atoms with Crippen LogP contribution in [-0.2, 0) is 9.59 Å². The number of hydrogen-bond donors (Lipinski definition) is 2. The molecule has 1 amide bonds. The van der Waals surface area contributed by atoms with Gasteiger partial charge in [-0.3, -0.25) is 14.5 Å². The lowest BCUT2D eigenvalue weighted by molar-refractivity contribution is -0.149. The molecule has 5 heteroatoms. The van der Waals surface area contributed by atoms with E-state index in [1.165, 1.54) is 0 Å². The number of piperidine rings is 1. The van der Waals surface area contributed by atoms with Gasteiger partial charge in [0, 0.05) is 0 Å². The van der Waals surface area contributed by atoms with E-state index >= 15 is 0 Å². The third-order valence-corrected chi connectivity index (χ3v) is 3.34. The van der Waals surface area contributed by atoms with Crippen LogP contribution in [0.2, 0.25) is 0 Å². The molecule has 1 aliphatic rings. The summed E-state index contributed by atoms with van der Waals surface area (Å²) in [5, 5.41) is 9.21. The molecule has 0 aromatic rings. The maximum Gasteiger partial charge on any atom is 0.321 e. The van der Waals surface area contributed by atoms with Gasteiger partial charge in [0.1, 0.15) is 6.04 Å². The lowest BCUT2D eigenvalue weighted by atomic mass is 9.89. The predicted molar refractivity (Wildman–Crippen MR) is 59.8 cm³/mol. The Morgan fingerprint density at radius 3 is 2.62 bits per heavy atom. The second-order valence-electron chi connectivity index (χ2n) is 4.47. The second-order valence-corrected chi connectivity index (χ2v) is 4.47. The number of carboxylic acids is 1. The van der Waals surface area contributed by atoms with Crippen molar-refractivity contribution in [3.8, 4) is 0 Å². The molecule has 0 aromatic carbocycles. The summed E-state index contributed by atoms with van der Waals surface area (Å²) in [6.07, 6.45) is 2.38. The van der Waals surface area contributed by atoms with Crippen LogP contribution >= 0.6 is 0 Å². The van der Waals surface area contributed by atoms with E-state index in [-0.39, 0.29) is 5.92 Å². The number of carbonyl (C=O) groups excluding carboxylic acids is 1. The van der Waals surface area contributed by atoms with Crippen molar-refractivity contribution in [2.24, 2.45) is 11.7 Å². The summed E-state index contributed by atoms with van der Waals surface area (Å²) in [6, 6.07) is -1.03. The van der Waals surface area contributed by atoms with Crippen LogP contribution in [0.1, 0.15) is 33.1 Å². The number of aliphatic carboxylic acids is 1. The molecular weight excluding hydrogens is 208 g/mol. The lowest BCUT2D eigenvalue weighted by Crippen LogP contribution is -2.57. The zero-order valence-corrected chi connectivity index (χ0v) is 9.85. The summed E-state index contributed by atoms with van der Waals surface area (Å²) in [5.74, 6) is -1.21. The Labute approximate surface area is 95.6 Å². The molecule has 0 aliphatic carbocycles. The van der Waals surface area contributed by atoms with Gasteiger partial charge in [-0.15, -0.1) is 0 Å². The number of rotatable bonds is 4. The van der Waals surface area contributed by atoms with Gasteiger partial charge in [-0.05, 0) is 31.7 Å². The van der Waals surface area contributed by atoms with Crippen molar-refractivity contribution in [1.82, 2.24) is 4.90 Å². The van der Waals surface area contributed by atoms with E-state index in [9.17, 15) is 14.7 Å². The maximum absolute atomic E-state index is 11.3. The first-order valence-corrected chi connectivity index (χ1v) is 5.76. The van der Waals surface area contributed by atoms with Gasteiger partial charge < -0.3 is 10.8 Å². The van der Waals surface area contributed by atoms with Gasteiger partial charge in [-0.25, -0.2) is 0 Å². The summed E-state index contributed by atoms with van der Waals surface area (Å²) in [4.78, 5) is 24.3. The summed E-state index contributed by atoms with van der Waals surface area (Å²) >= 11 is 0. The molecule has 1 aliphatic heterocycles. The fourth-order valence-corrected chi connectivity index (χ4v) is 2.55. The molecule has 3 atom stereocenters. The van der Waals surface area contributed by atoms with Crippen LogP contribution in [0, 0.1) is 5.92 Å². The lowest BCUT2D eigenvalue weighted by Gasteiger charge is -2.40. The fraction of sp³-hybridized carbons (Fsp3) is 0.818. The molecule has 0 spiro atoms. The van der Waals surface area contributed by atoms with Crippen molar-refractivity contribution in [1.29, 1.82) is 0 Å². The molecule has 3 unspecified atom stereocenters. The molecule has 0 aromatic heterocycles. The second kappa shape index (κ2) is 5.30. The van der Waals surface area contributed by atoms with Crippen molar-refractivity contribution in [2.75, 3.05) is 6.54 Å². The van der Waals surface area contributed by atoms with Crippen LogP contribution in [0.5, 0.6) is 0 Å². The number of primary amides is 1. The number of likely N-dealkylation sites (tertiary alicyclic amines) is 1. The Morgan fingerprint density at radius 1 is 1.56 bits per heavy atom. The first kappa shape index (κ1) is 13.0. The van der Waals surface area contributed by atoms with Crippen LogP contribution in [0.3, 0.4) is 0 Å². The number of hydrogen-bond acceptors (Lipinski definition) is 3. The van der Waals surface area contributed by atoms with E-state index in [1.54, 1.807) is 4.90 Å². The predicted octanol–water partition coefficient (Wildman–Crippen LogP) is 0.435. The average molecular weight is 228 g/mol. The molecule has 1 rings (SSSR count). The minimum atomic E-state index is -0.855. The smallest absolute Gasteiger partial charge is 0.321 e. The molecule has 16 heavy (non-hydrogen) atoms. The van der Waals surface area contributed by atoms with Crippen LogP contribution in [0.25, 0.3) is 0 Å². The Kier molecular flexibility index (Phi) is 4.29. The van der Waals surface area contributed by atoms with Crippen molar-refractivity contribution in [3.63, 3.8) is 0 Å². The van der Waals surface area contributed by atoms with E-state index in [0.29, 0.717) is 13.0 Å². The van der Waals surface area contributed by atoms with Gasteiger partial charge in [-0.2, -0.15) is 0 Å². The first-order chi connectivity index (χ1) is 7.49. The number of nitrogens with two attached hydrogens (primary N) is 1. The molecule has 0 radical (unpaired) electrons. The standard InChI is InChI=1S/C11H20N2O3/c1-3-8(10(12)14)13-6-4-5-7(2)9(13)11(15)16/h7-9H,3-6H2,1-2H3,(H2,12,14)(H,15,16).